The first-order chi connectivity index (χ1) is 28.6. The molecule has 1 aliphatic heterocycles. The van der Waals surface area contributed by atoms with Crippen LogP contribution in [0.5, 0.6) is 5.75 Å². The molecule has 0 radical (unpaired) electrons. The lowest BCUT2D eigenvalue weighted by atomic mass is 10.0. The average molecular weight is 862 g/mol. The number of phenols is 1. The van der Waals surface area contributed by atoms with Crippen molar-refractivity contribution in [1.29, 1.82) is 0 Å². The molecule has 340 valence electrons. The van der Waals surface area contributed by atoms with Crippen molar-refractivity contribution in [3.05, 3.63) is 29.8 Å². The van der Waals surface area contributed by atoms with Crippen molar-refractivity contribution in [2.45, 2.75) is 135 Å². The zero-order valence-electron chi connectivity index (χ0n) is 35.6. The van der Waals surface area contributed by atoms with E-state index >= 15 is 0 Å². The molecule has 1 aromatic carbocycles. The molecule has 8 atom stereocenters. The highest BCUT2D eigenvalue weighted by Gasteiger charge is 2.39. The van der Waals surface area contributed by atoms with Crippen molar-refractivity contribution in [2.75, 3.05) is 13.1 Å². The molecule has 13 N–H and O–H groups in total. The van der Waals surface area contributed by atoms with E-state index < -0.39 is 120 Å². The topological polar surface area (TPSA) is 342 Å². The highest BCUT2D eigenvalue weighted by Crippen LogP contribution is 2.20. The Bertz CT molecular complexity index is 1720. The molecule has 61 heavy (non-hydrogen) atoms. The van der Waals surface area contributed by atoms with Gasteiger partial charge in [0.1, 0.15) is 48.0 Å². The maximum atomic E-state index is 13.6. The number of carboxylic acids is 2. The number of phenolic OH excluding ortho intramolecular Hbond substituents is 1. The molecular formula is C40H63N9O12. The van der Waals surface area contributed by atoms with Gasteiger partial charge in [0.25, 0.3) is 0 Å². The molecule has 0 aromatic heterocycles. The van der Waals surface area contributed by atoms with Gasteiger partial charge in [0.15, 0.2) is 0 Å². The van der Waals surface area contributed by atoms with Crippen LogP contribution in [0.4, 0.5) is 0 Å². The maximum absolute atomic E-state index is 13.6. The van der Waals surface area contributed by atoms with Gasteiger partial charge in [0.05, 0.1) is 12.5 Å². The van der Waals surface area contributed by atoms with E-state index in [9.17, 15) is 58.5 Å². The number of carbonyl (C=O) groups excluding carboxylic acids is 7. The molecule has 1 aliphatic rings. The highest BCUT2D eigenvalue weighted by atomic mass is 16.4. The van der Waals surface area contributed by atoms with Crippen LogP contribution in [-0.2, 0) is 49.6 Å². The molecule has 0 bridgehead atoms. The number of nitrogens with one attached hydrogen (secondary N) is 6. The molecule has 1 saturated heterocycles. The summed E-state index contributed by atoms with van der Waals surface area (Å²) in [5, 5.41) is 43.5. The number of rotatable bonds is 24. The molecule has 0 saturated carbocycles. The van der Waals surface area contributed by atoms with Crippen LogP contribution in [0.1, 0.15) is 85.6 Å². The molecule has 0 unspecified atom stereocenters. The standard InChI is InChI=1S/C40H63N9O12/c1-20(2)31(47-34(54)26(42)18-24-12-14-25(50)15-13-24)37(57)43-22(5)33(53)46-28(19-30(51)52)35(55)44-23(6)39(59)49-17-9-11-29(49)36(56)48-32(21(3)4)38(58)45-27(40(60)61)10-7-8-16-41/h12-15,20-23,26-29,31-32,50H,7-11,16-19,41-42H2,1-6H3,(H,43,57)(H,44,55)(H,45,58)(H,46,53)(H,47,54)(H,48,56)(H,51,52)(H,60,61)/t22-,23-,26-,27-,28-,29-,31-,32-/m0/s1. The predicted octanol–water partition coefficient (Wildman–Crippen LogP) is -1.80. The van der Waals surface area contributed by atoms with Crippen molar-refractivity contribution in [3.63, 3.8) is 0 Å². The molecular weight excluding hydrogens is 798 g/mol. The second-order valence-electron chi connectivity index (χ2n) is 15.9. The largest absolute Gasteiger partial charge is 0.508 e. The zero-order valence-corrected chi connectivity index (χ0v) is 35.6. The van der Waals surface area contributed by atoms with Gasteiger partial charge in [-0.15, -0.1) is 0 Å². The third kappa shape index (κ3) is 16.3. The molecule has 21 nitrogen and oxygen atoms in total. The summed E-state index contributed by atoms with van der Waals surface area (Å²) in [5.41, 5.74) is 12.2. The van der Waals surface area contributed by atoms with E-state index in [1.165, 1.54) is 30.9 Å². The van der Waals surface area contributed by atoms with Gasteiger partial charge in [0.2, 0.25) is 41.4 Å². The van der Waals surface area contributed by atoms with Crippen LogP contribution < -0.4 is 43.4 Å². The zero-order chi connectivity index (χ0) is 46.1. The fourth-order valence-electron chi connectivity index (χ4n) is 6.55. The normalized spacial score (nSPS) is 17.1. The minimum atomic E-state index is -1.70. The molecule has 0 spiro atoms. The number of hydrogen-bond acceptors (Lipinski definition) is 12. The third-order valence-corrected chi connectivity index (χ3v) is 10.1. The van der Waals surface area contributed by atoms with Gasteiger partial charge in [-0.2, -0.15) is 0 Å². The summed E-state index contributed by atoms with van der Waals surface area (Å²) in [5.74, 6) is -9.07. The van der Waals surface area contributed by atoms with Crippen LogP contribution in [0.2, 0.25) is 0 Å². The van der Waals surface area contributed by atoms with Gasteiger partial charge in [-0.25, -0.2) is 4.79 Å². The van der Waals surface area contributed by atoms with Crippen LogP contribution in [0.15, 0.2) is 24.3 Å². The minimum Gasteiger partial charge on any atom is -0.508 e. The van der Waals surface area contributed by atoms with E-state index in [1.54, 1.807) is 39.8 Å². The number of nitrogens with two attached hydrogens (primary N) is 2. The summed E-state index contributed by atoms with van der Waals surface area (Å²) in [7, 11) is 0. The van der Waals surface area contributed by atoms with Crippen LogP contribution in [-0.4, -0.2) is 135 Å². The molecule has 1 heterocycles. The number of hydrogen-bond donors (Lipinski definition) is 11. The number of unbranched alkanes of at least 4 members (excludes halogenated alkanes) is 1. The fraction of sp³-hybridized carbons (Fsp3) is 0.625. The third-order valence-electron chi connectivity index (χ3n) is 10.1. The van der Waals surface area contributed by atoms with E-state index in [0.29, 0.717) is 31.4 Å². The van der Waals surface area contributed by atoms with Crippen LogP contribution in [0.3, 0.4) is 0 Å². The smallest absolute Gasteiger partial charge is 0.326 e. The van der Waals surface area contributed by atoms with Crippen LogP contribution >= 0.6 is 0 Å². The van der Waals surface area contributed by atoms with Crippen molar-refractivity contribution < 1.29 is 58.5 Å². The van der Waals surface area contributed by atoms with Crippen molar-refractivity contribution in [2.24, 2.45) is 23.3 Å². The molecule has 21 heteroatoms. The van der Waals surface area contributed by atoms with E-state index in [2.05, 4.69) is 31.9 Å². The lowest BCUT2D eigenvalue weighted by molar-refractivity contribution is -0.144. The number of amides is 7. The summed E-state index contributed by atoms with van der Waals surface area (Å²) >= 11 is 0. The number of carbonyl (C=O) groups is 9. The van der Waals surface area contributed by atoms with Crippen molar-refractivity contribution >= 4 is 53.3 Å². The Balaban J connectivity index is 2.06. The number of nitrogens with zero attached hydrogens (tertiary/aromatic N) is 1. The number of benzene rings is 1. The Labute approximate surface area is 354 Å². The van der Waals surface area contributed by atoms with Crippen LogP contribution in [0, 0.1) is 11.8 Å². The quantitative estimate of drug-likeness (QED) is 0.0512. The maximum Gasteiger partial charge on any atom is 0.326 e. The molecule has 0 aliphatic carbocycles. The lowest BCUT2D eigenvalue weighted by Gasteiger charge is -2.30. The lowest BCUT2D eigenvalue weighted by Crippen LogP contribution is -2.60. The summed E-state index contributed by atoms with van der Waals surface area (Å²) < 4.78 is 0. The second kappa shape index (κ2) is 24.4. The Kier molecular flexibility index (Phi) is 20.6. The number of aromatic hydroxyl groups is 1. The van der Waals surface area contributed by atoms with Gasteiger partial charge in [-0.3, -0.25) is 38.4 Å². The van der Waals surface area contributed by atoms with Gasteiger partial charge in [-0.05, 0) is 88.4 Å². The Morgan fingerprint density at radius 2 is 1.26 bits per heavy atom. The number of carboxylic acid groups (broad SMARTS) is 2. The van der Waals surface area contributed by atoms with E-state index in [1.807, 2.05) is 0 Å². The Morgan fingerprint density at radius 1 is 0.705 bits per heavy atom. The molecule has 2 rings (SSSR count). The van der Waals surface area contributed by atoms with E-state index in [4.69, 9.17) is 11.5 Å². The van der Waals surface area contributed by atoms with Gasteiger partial charge in [0, 0.05) is 6.54 Å². The Hall–Kier alpha value is -5.83. The number of aliphatic carboxylic acids is 2. The average Bonchev–Trinajstić information content (AvgIpc) is 3.68. The predicted molar refractivity (Wildman–Crippen MR) is 220 cm³/mol. The highest BCUT2D eigenvalue weighted by molar-refractivity contribution is 5.98. The minimum absolute atomic E-state index is 0.0399. The summed E-state index contributed by atoms with van der Waals surface area (Å²) in [6.07, 6.45) is 0.995. The van der Waals surface area contributed by atoms with Crippen molar-refractivity contribution in [3.8, 4) is 5.75 Å². The first kappa shape index (κ1) is 51.3. The molecule has 1 aromatic rings. The summed E-state index contributed by atoms with van der Waals surface area (Å²) in [4.78, 5) is 118. The van der Waals surface area contributed by atoms with Gasteiger partial charge < -0.3 is 63.6 Å². The van der Waals surface area contributed by atoms with Gasteiger partial charge in [-0.1, -0.05) is 39.8 Å². The molecule has 7 amide bonds. The number of likely N-dealkylation sites (tertiary alicyclic amines) is 1. The summed E-state index contributed by atoms with van der Waals surface area (Å²) in [6.45, 7) is 9.70. The molecule has 1 fully saturated rings. The fourth-order valence-corrected chi connectivity index (χ4v) is 6.55. The first-order valence-electron chi connectivity index (χ1n) is 20.4. The van der Waals surface area contributed by atoms with Crippen molar-refractivity contribution in [1.82, 2.24) is 36.8 Å². The first-order valence-corrected chi connectivity index (χ1v) is 20.4. The van der Waals surface area contributed by atoms with Gasteiger partial charge >= 0.3 is 11.9 Å². The van der Waals surface area contributed by atoms with E-state index in [0.717, 1.165) is 0 Å². The second-order valence-corrected chi connectivity index (χ2v) is 15.9. The SMILES string of the molecule is CC(C)[C@H](NC(=O)[C@@H](N)Cc1ccc(O)cc1)C(=O)N[C@@H](C)C(=O)N[C@@H](CC(=O)O)C(=O)N[C@@H](C)C(=O)N1CCC[C@H]1C(=O)N[C@H](C(=O)N[C@@H](CCCCN)C(=O)O)C(C)C. The summed E-state index contributed by atoms with van der Waals surface area (Å²) in [6, 6.07) is -3.83. The van der Waals surface area contributed by atoms with E-state index in [-0.39, 0.29) is 31.6 Å². The monoisotopic (exact) mass is 861 g/mol. The Morgan fingerprint density at radius 3 is 1.82 bits per heavy atom. The van der Waals surface area contributed by atoms with Crippen LogP contribution in [0.25, 0.3) is 0 Å².